The lowest BCUT2D eigenvalue weighted by Gasteiger charge is -2.31. The van der Waals surface area contributed by atoms with Gasteiger partial charge in [0.1, 0.15) is 0 Å². The summed E-state index contributed by atoms with van der Waals surface area (Å²) in [6.45, 7) is 0. The van der Waals surface area contributed by atoms with Crippen molar-refractivity contribution in [1.82, 2.24) is 4.90 Å². The fourth-order valence-electron chi connectivity index (χ4n) is 4.75. The van der Waals surface area contributed by atoms with Crippen LogP contribution in [0, 0.1) is 18.3 Å². The Kier molecular flexibility index (Phi) is 4.58. The minimum absolute atomic E-state index is 0.0402. The number of hydrogen-bond acceptors (Lipinski definition) is 1. The van der Waals surface area contributed by atoms with E-state index in [0.717, 1.165) is 18.4 Å². The van der Waals surface area contributed by atoms with Gasteiger partial charge in [-0.1, -0.05) is 72.3 Å². The highest BCUT2D eigenvalue weighted by molar-refractivity contribution is 5.93. The molecule has 2 aliphatic rings. The van der Waals surface area contributed by atoms with Crippen molar-refractivity contribution in [2.75, 3.05) is 14.1 Å². The molecule has 30 heavy (non-hydrogen) atoms. The molecule has 0 bridgehead atoms. The first-order valence-corrected chi connectivity index (χ1v) is 10.4. The molecule has 1 amide bonds. The average molecular weight is 392 g/mol. The van der Waals surface area contributed by atoms with Crippen LogP contribution in [0.15, 0.2) is 78.4 Å². The summed E-state index contributed by atoms with van der Waals surface area (Å²) in [5.74, 6) is 0.0402. The van der Waals surface area contributed by atoms with E-state index < -0.39 is 0 Å². The highest BCUT2D eigenvalue weighted by Gasteiger charge is 2.42. The number of carbonyl (C=O) groups excluding carboxylic acids is 1. The summed E-state index contributed by atoms with van der Waals surface area (Å²) in [4.78, 5) is 13.9. The van der Waals surface area contributed by atoms with E-state index in [2.05, 4.69) is 79.6 Å². The summed E-state index contributed by atoms with van der Waals surface area (Å²) in [5.41, 5.74) is 8.61. The molecule has 1 atom stereocenters. The second-order valence-electron chi connectivity index (χ2n) is 8.62. The van der Waals surface area contributed by atoms with Gasteiger partial charge < -0.3 is 4.90 Å². The van der Waals surface area contributed by atoms with Crippen LogP contribution < -0.4 is 0 Å². The quantitative estimate of drug-likeness (QED) is 0.585. The van der Waals surface area contributed by atoms with Gasteiger partial charge in [0.15, 0.2) is 0 Å². The van der Waals surface area contributed by atoms with Gasteiger partial charge in [-0.3, -0.25) is 4.79 Å². The van der Waals surface area contributed by atoms with Gasteiger partial charge in [-0.05, 0) is 52.8 Å². The van der Waals surface area contributed by atoms with E-state index in [0.29, 0.717) is 0 Å². The largest absolute Gasteiger partial charge is 0.345 e. The Morgan fingerprint density at radius 1 is 0.867 bits per heavy atom. The third kappa shape index (κ3) is 3.27. The number of nitrogens with zero attached hydrogens (tertiary/aromatic N) is 1. The van der Waals surface area contributed by atoms with Crippen LogP contribution in [0.3, 0.4) is 0 Å². The van der Waals surface area contributed by atoms with Crippen LogP contribution in [0.1, 0.15) is 38.2 Å². The second kappa shape index (κ2) is 7.28. The van der Waals surface area contributed by atoms with Crippen molar-refractivity contribution in [1.29, 1.82) is 0 Å². The zero-order valence-corrected chi connectivity index (χ0v) is 17.4. The molecule has 148 valence electrons. The van der Waals surface area contributed by atoms with Crippen molar-refractivity contribution in [2.24, 2.45) is 5.41 Å². The van der Waals surface area contributed by atoms with Gasteiger partial charge in [-0.2, -0.15) is 0 Å². The third-order valence-electron chi connectivity index (χ3n) is 6.31. The molecule has 2 nitrogen and oxygen atoms in total. The van der Waals surface area contributed by atoms with Gasteiger partial charge in [0.25, 0.3) is 5.91 Å². The number of allylic oxidation sites excluding steroid dienone is 1. The predicted molar refractivity (Wildman–Crippen MR) is 122 cm³/mol. The lowest BCUT2D eigenvalue weighted by atomic mass is 9.72. The SMILES string of the molecule is CN(C)C(=O)c1ccc(C[C@]2(C3=Cc4ccccc4[CH]3)[CH]c3ccccc3C2)cc1. The number of fused-ring (bicyclic) bond motifs is 2. The molecule has 0 unspecified atom stereocenters. The van der Waals surface area contributed by atoms with E-state index in [1.807, 2.05) is 12.1 Å². The lowest BCUT2D eigenvalue weighted by Crippen LogP contribution is -2.26. The Morgan fingerprint density at radius 2 is 1.53 bits per heavy atom. The molecule has 2 heteroatoms. The fourth-order valence-corrected chi connectivity index (χ4v) is 4.75. The zero-order valence-electron chi connectivity index (χ0n) is 17.4. The first-order valence-electron chi connectivity index (χ1n) is 10.4. The Labute approximate surface area is 178 Å². The molecular formula is C28H25NO. The van der Waals surface area contributed by atoms with Crippen LogP contribution in [-0.4, -0.2) is 24.9 Å². The third-order valence-corrected chi connectivity index (χ3v) is 6.31. The first kappa shape index (κ1) is 18.9. The standard InChI is InChI=1S/C28H25NO/c1-29(2)27(30)21-13-11-20(12-14-21)17-28(18-24-9-5-6-10-25(24)19-28)26-15-22-7-3-4-8-23(22)16-26/h3-16,18H,17,19H2,1-2H3/t28-/m0/s1. The van der Waals surface area contributed by atoms with Crippen molar-refractivity contribution >= 4 is 12.0 Å². The van der Waals surface area contributed by atoms with Gasteiger partial charge in [-0.15, -0.1) is 0 Å². The number of rotatable bonds is 4. The summed E-state index contributed by atoms with van der Waals surface area (Å²) >= 11 is 0. The van der Waals surface area contributed by atoms with E-state index in [1.165, 1.54) is 33.4 Å². The molecule has 0 N–H and O–H groups in total. The summed E-state index contributed by atoms with van der Waals surface area (Å²) in [5, 5.41) is 0. The number of carbonyl (C=O) groups is 1. The summed E-state index contributed by atoms with van der Waals surface area (Å²) in [6, 6.07) is 25.4. The topological polar surface area (TPSA) is 20.3 Å². The molecule has 0 fully saturated rings. The highest BCUT2D eigenvalue weighted by Crippen LogP contribution is 2.50. The molecule has 0 saturated carbocycles. The van der Waals surface area contributed by atoms with Gasteiger partial charge >= 0.3 is 0 Å². The van der Waals surface area contributed by atoms with Crippen LogP contribution >= 0.6 is 0 Å². The minimum Gasteiger partial charge on any atom is -0.345 e. The summed E-state index contributed by atoms with van der Waals surface area (Å²) in [6.07, 6.45) is 9.06. The second-order valence-corrected chi connectivity index (χ2v) is 8.62. The number of amides is 1. The van der Waals surface area contributed by atoms with Crippen LogP contribution in [0.25, 0.3) is 6.08 Å². The average Bonchev–Trinajstić information content (AvgIpc) is 3.35. The minimum atomic E-state index is -0.0736. The van der Waals surface area contributed by atoms with Crippen molar-refractivity contribution < 1.29 is 4.79 Å². The number of hydrogen-bond donors (Lipinski definition) is 0. The van der Waals surface area contributed by atoms with Crippen LogP contribution in [0.5, 0.6) is 0 Å². The van der Waals surface area contributed by atoms with Gasteiger partial charge in [0, 0.05) is 37.9 Å². The first-order chi connectivity index (χ1) is 14.5. The van der Waals surface area contributed by atoms with E-state index in [1.54, 1.807) is 19.0 Å². The monoisotopic (exact) mass is 391 g/mol. The van der Waals surface area contributed by atoms with E-state index >= 15 is 0 Å². The van der Waals surface area contributed by atoms with Crippen LogP contribution in [-0.2, 0) is 12.8 Å². The maximum atomic E-state index is 12.3. The van der Waals surface area contributed by atoms with Crippen LogP contribution in [0.2, 0.25) is 0 Å². The molecule has 5 rings (SSSR count). The van der Waals surface area contributed by atoms with Crippen molar-refractivity contribution in [2.45, 2.75) is 12.8 Å². The van der Waals surface area contributed by atoms with Gasteiger partial charge in [0.2, 0.25) is 0 Å². The molecule has 3 aromatic carbocycles. The summed E-state index contributed by atoms with van der Waals surface area (Å²) in [7, 11) is 3.58. The Morgan fingerprint density at radius 3 is 2.20 bits per heavy atom. The molecule has 0 aliphatic heterocycles. The Bertz CT molecular complexity index is 1110. The molecular weight excluding hydrogens is 366 g/mol. The summed E-state index contributed by atoms with van der Waals surface area (Å²) < 4.78 is 0. The molecule has 0 saturated heterocycles. The van der Waals surface area contributed by atoms with Crippen LogP contribution in [0.4, 0.5) is 0 Å². The van der Waals surface area contributed by atoms with Gasteiger partial charge in [-0.25, -0.2) is 0 Å². The normalized spacial score (nSPS) is 16.0. The van der Waals surface area contributed by atoms with Crippen molar-refractivity contribution in [3.63, 3.8) is 0 Å². The highest BCUT2D eigenvalue weighted by atomic mass is 16.2. The molecule has 2 radical (unpaired) electrons. The maximum Gasteiger partial charge on any atom is 0.253 e. The predicted octanol–water partition coefficient (Wildman–Crippen LogP) is 5.38. The van der Waals surface area contributed by atoms with Crippen molar-refractivity contribution in [3.8, 4) is 0 Å². The zero-order chi connectivity index (χ0) is 20.7. The lowest BCUT2D eigenvalue weighted by molar-refractivity contribution is 0.0827. The fraction of sp³-hybridized carbons (Fsp3) is 0.179. The molecule has 0 spiro atoms. The Hall–Kier alpha value is -3.13. The molecule has 3 aromatic rings. The smallest absolute Gasteiger partial charge is 0.253 e. The van der Waals surface area contributed by atoms with E-state index in [9.17, 15) is 4.79 Å². The number of benzene rings is 3. The van der Waals surface area contributed by atoms with Crippen molar-refractivity contribution in [3.05, 3.63) is 125 Å². The molecule has 2 aliphatic carbocycles. The van der Waals surface area contributed by atoms with Gasteiger partial charge in [0.05, 0.1) is 0 Å². The Balaban J connectivity index is 1.49. The maximum absolute atomic E-state index is 12.3. The van der Waals surface area contributed by atoms with E-state index in [4.69, 9.17) is 0 Å². The molecule has 0 heterocycles. The molecule has 0 aromatic heterocycles. The van der Waals surface area contributed by atoms with E-state index in [-0.39, 0.29) is 11.3 Å².